The minimum atomic E-state index is -3.64. The van der Waals surface area contributed by atoms with Gasteiger partial charge in [-0.3, -0.25) is 4.79 Å². The molecule has 8 heteroatoms. The van der Waals surface area contributed by atoms with E-state index in [4.69, 9.17) is 28.3 Å². The van der Waals surface area contributed by atoms with E-state index in [1.54, 1.807) is 0 Å². The monoisotopic (exact) mass is 351 g/mol. The highest BCUT2D eigenvalue weighted by Crippen LogP contribution is 2.28. The summed E-state index contributed by atoms with van der Waals surface area (Å²) in [6, 6.07) is 4.21. The summed E-state index contributed by atoms with van der Waals surface area (Å²) in [6.07, 6.45) is 1.16. The number of piperidine rings is 1. The Hall–Kier alpha value is -0.820. The van der Waals surface area contributed by atoms with Gasteiger partial charge in [0.2, 0.25) is 10.0 Å². The molecule has 0 bridgehead atoms. The van der Waals surface area contributed by atoms with Gasteiger partial charge in [-0.15, -0.1) is 0 Å². The van der Waals surface area contributed by atoms with Gasteiger partial charge >= 0.3 is 5.97 Å². The second-order valence-electron chi connectivity index (χ2n) is 5.05. The first-order valence-corrected chi connectivity index (χ1v) is 8.66. The standard InChI is InChI=1S/C13H15Cl2NO4S/c14-10-6-11(15)8-12(7-10)21(19,20)16-3-1-9(2-4-16)5-13(17)18/h6-9H,1-5H2,(H,17,18). The molecule has 0 spiro atoms. The lowest BCUT2D eigenvalue weighted by atomic mass is 9.95. The number of hydrogen-bond acceptors (Lipinski definition) is 3. The number of carboxylic acids is 1. The Morgan fingerprint density at radius 2 is 1.71 bits per heavy atom. The van der Waals surface area contributed by atoms with Crippen molar-refractivity contribution in [3.05, 3.63) is 28.2 Å². The Morgan fingerprint density at radius 1 is 1.19 bits per heavy atom. The topological polar surface area (TPSA) is 74.7 Å². The smallest absolute Gasteiger partial charge is 0.303 e. The summed E-state index contributed by atoms with van der Waals surface area (Å²) in [6.45, 7) is 0.620. The van der Waals surface area contributed by atoms with Crippen LogP contribution in [0.1, 0.15) is 19.3 Å². The van der Waals surface area contributed by atoms with E-state index in [0.29, 0.717) is 25.9 Å². The van der Waals surface area contributed by atoms with Gasteiger partial charge in [0.1, 0.15) is 0 Å². The molecule has 5 nitrogen and oxygen atoms in total. The minimum Gasteiger partial charge on any atom is -0.481 e. The molecule has 1 fully saturated rings. The van der Waals surface area contributed by atoms with E-state index in [1.807, 2.05) is 0 Å². The summed E-state index contributed by atoms with van der Waals surface area (Å²) in [5.41, 5.74) is 0. The Balaban J connectivity index is 2.13. The number of nitrogens with zero attached hydrogens (tertiary/aromatic N) is 1. The van der Waals surface area contributed by atoms with E-state index in [9.17, 15) is 13.2 Å². The van der Waals surface area contributed by atoms with Gasteiger partial charge in [-0.2, -0.15) is 4.31 Å². The van der Waals surface area contributed by atoms with Crippen LogP contribution in [0.5, 0.6) is 0 Å². The van der Waals surface area contributed by atoms with Crippen LogP contribution in [0.15, 0.2) is 23.1 Å². The summed E-state index contributed by atoms with van der Waals surface area (Å²) in [5, 5.41) is 9.30. The lowest BCUT2D eigenvalue weighted by molar-refractivity contribution is -0.138. The lowest BCUT2D eigenvalue weighted by Crippen LogP contribution is -2.38. The molecule has 0 unspecified atom stereocenters. The third-order valence-electron chi connectivity index (χ3n) is 3.51. The predicted molar refractivity (Wildman–Crippen MR) is 80.2 cm³/mol. The molecule has 0 atom stereocenters. The zero-order valence-electron chi connectivity index (χ0n) is 11.1. The second-order valence-corrected chi connectivity index (χ2v) is 7.86. The number of halogens is 2. The highest BCUT2D eigenvalue weighted by atomic mass is 35.5. The molecule has 1 aliphatic heterocycles. The number of aliphatic carboxylic acids is 1. The molecule has 1 saturated heterocycles. The van der Waals surface area contributed by atoms with Gasteiger partial charge in [-0.1, -0.05) is 23.2 Å². The van der Waals surface area contributed by atoms with Crippen molar-refractivity contribution in [2.75, 3.05) is 13.1 Å². The van der Waals surface area contributed by atoms with Gasteiger partial charge in [0.25, 0.3) is 0 Å². The minimum absolute atomic E-state index is 0.0249. The molecule has 1 heterocycles. The summed E-state index contributed by atoms with van der Waals surface area (Å²) in [5.74, 6) is -0.824. The normalized spacial score (nSPS) is 17.8. The molecule has 1 N–H and O–H groups in total. The van der Waals surface area contributed by atoms with Crippen LogP contribution in [-0.4, -0.2) is 36.9 Å². The van der Waals surface area contributed by atoms with E-state index in [0.717, 1.165) is 0 Å². The average molecular weight is 352 g/mol. The van der Waals surface area contributed by atoms with Crippen molar-refractivity contribution in [3.63, 3.8) is 0 Å². The maximum Gasteiger partial charge on any atom is 0.303 e. The molecule has 0 aliphatic carbocycles. The second kappa shape index (κ2) is 6.52. The fourth-order valence-corrected chi connectivity index (χ4v) is 4.62. The van der Waals surface area contributed by atoms with Crippen molar-refractivity contribution in [2.45, 2.75) is 24.2 Å². The molecule has 1 aliphatic rings. The lowest BCUT2D eigenvalue weighted by Gasteiger charge is -2.30. The van der Waals surface area contributed by atoms with E-state index >= 15 is 0 Å². The van der Waals surface area contributed by atoms with Crippen LogP contribution in [-0.2, 0) is 14.8 Å². The Kier molecular flexibility index (Phi) is 5.14. The fraction of sp³-hybridized carbons (Fsp3) is 0.462. The van der Waals surface area contributed by atoms with E-state index in [2.05, 4.69) is 0 Å². The first kappa shape index (κ1) is 16.5. The first-order chi connectivity index (χ1) is 9.79. The number of hydrogen-bond donors (Lipinski definition) is 1. The molecule has 1 aromatic rings. The molecule has 0 saturated carbocycles. The largest absolute Gasteiger partial charge is 0.481 e. The maximum atomic E-state index is 12.5. The molecule has 2 rings (SSSR count). The van der Waals surface area contributed by atoms with Crippen LogP contribution in [0, 0.1) is 5.92 Å². The van der Waals surface area contributed by atoms with Gasteiger partial charge in [-0.25, -0.2) is 8.42 Å². The van der Waals surface area contributed by atoms with Crippen molar-refractivity contribution in [1.29, 1.82) is 0 Å². The quantitative estimate of drug-likeness (QED) is 0.904. The van der Waals surface area contributed by atoms with Crippen LogP contribution in [0.3, 0.4) is 0 Å². The van der Waals surface area contributed by atoms with E-state index in [-0.39, 0.29) is 27.3 Å². The zero-order chi connectivity index (χ0) is 15.6. The average Bonchev–Trinajstić information content (AvgIpc) is 2.37. The number of carbonyl (C=O) groups is 1. The zero-order valence-corrected chi connectivity index (χ0v) is 13.5. The summed E-state index contributed by atoms with van der Waals surface area (Å²) in [7, 11) is -3.64. The number of sulfonamides is 1. The van der Waals surface area contributed by atoms with E-state index < -0.39 is 16.0 Å². The van der Waals surface area contributed by atoms with Crippen molar-refractivity contribution in [3.8, 4) is 0 Å². The SMILES string of the molecule is O=C(O)CC1CCN(S(=O)(=O)c2cc(Cl)cc(Cl)c2)CC1. The van der Waals surface area contributed by atoms with Gasteiger partial charge in [0.05, 0.1) is 4.90 Å². The third-order valence-corrected chi connectivity index (χ3v) is 5.82. The highest BCUT2D eigenvalue weighted by molar-refractivity contribution is 7.89. The van der Waals surface area contributed by atoms with Crippen LogP contribution in [0.2, 0.25) is 10.0 Å². The Morgan fingerprint density at radius 3 is 2.19 bits per heavy atom. The first-order valence-electron chi connectivity index (χ1n) is 6.47. The van der Waals surface area contributed by atoms with Crippen molar-refractivity contribution < 1.29 is 18.3 Å². The van der Waals surface area contributed by atoms with Crippen LogP contribution in [0.4, 0.5) is 0 Å². The summed E-state index contributed by atoms with van der Waals surface area (Å²) in [4.78, 5) is 10.7. The third kappa shape index (κ3) is 4.10. The summed E-state index contributed by atoms with van der Waals surface area (Å²) < 4.78 is 26.4. The van der Waals surface area contributed by atoms with Crippen LogP contribution >= 0.6 is 23.2 Å². The van der Waals surface area contributed by atoms with Crippen molar-refractivity contribution in [2.24, 2.45) is 5.92 Å². The molecule has 0 amide bonds. The van der Waals surface area contributed by atoms with Crippen molar-refractivity contribution >= 4 is 39.2 Å². The molecule has 0 aromatic heterocycles. The highest BCUT2D eigenvalue weighted by Gasteiger charge is 2.30. The molecule has 0 radical (unpaired) electrons. The van der Waals surface area contributed by atoms with E-state index in [1.165, 1.54) is 22.5 Å². The fourth-order valence-electron chi connectivity index (χ4n) is 2.43. The van der Waals surface area contributed by atoms with Gasteiger partial charge in [0.15, 0.2) is 0 Å². The Labute approximate surface area is 133 Å². The number of benzene rings is 1. The molecule has 21 heavy (non-hydrogen) atoms. The van der Waals surface area contributed by atoms with Crippen LogP contribution in [0.25, 0.3) is 0 Å². The molecular formula is C13H15Cl2NO4S. The molecular weight excluding hydrogens is 337 g/mol. The van der Waals surface area contributed by atoms with Gasteiger partial charge in [-0.05, 0) is 37.0 Å². The van der Waals surface area contributed by atoms with Crippen LogP contribution < -0.4 is 0 Å². The predicted octanol–water partition coefficient (Wildman–Crippen LogP) is 2.87. The number of rotatable bonds is 4. The molecule has 116 valence electrons. The Bertz CT molecular complexity index is 619. The summed E-state index contributed by atoms with van der Waals surface area (Å²) >= 11 is 11.7. The van der Waals surface area contributed by atoms with Crippen molar-refractivity contribution in [1.82, 2.24) is 4.31 Å². The molecule has 1 aromatic carbocycles. The van der Waals surface area contributed by atoms with Gasteiger partial charge in [0, 0.05) is 29.6 Å². The number of carboxylic acid groups (broad SMARTS) is 1. The maximum absolute atomic E-state index is 12.5. The van der Waals surface area contributed by atoms with Gasteiger partial charge < -0.3 is 5.11 Å².